The molecule has 0 saturated heterocycles. The van der Waals surface area contributed by atoms with Crippen LogP contribution in [0.2, 0.25) is 0 Å². The molecule has 10 aromatic rings. The number of aryl methyl sites for hydroxylation is 2. The summed E-state index contributed by atoms with van der Waals surface area (Å²) in [6, 6.07) is 41.6. The van der Waals surface area contributed by atoms with Crippen molar-refractivity contribution in [1.82, 2.24) is 9.13 Å². The van der Waals surface area contributed by atoms with E-state index >= 15 is 8.78 Å². The number of aromatic nitrogens is 2. The van der Waals surface area contributed by atoms with Crippen molar-refractivity contribution in [1.29, 1.82) is 0 Å². The van der Waals surface area contributed by atoms with E-state index in [1.165, 1.54) is 22.3 Å². The highest BCUT2D eigenvalue weighted by Gasteiger charge is 2.36. The van der Waals surface area contributed by atoms with E-state index in [9.17, 15) is 10.2 Å². The number of fused-ring (bicyclic) bond motifs is 6. The second-order valence-corrected chi connectivity index (χ2v) is 36.0. The molecular weight excluding hydrogens is 1200 g/mol. The van der Waals surface area contributed by atoms with E-state index in [2.05, 4.69) is 281 Å². The zero-order valence-corrected chi connectivity index (χ0v) is 63.3. The van der Waals surface area contributed by atoms with E-state index in [4.69, 9.17) is 0 Å². The summed E-state index contributed by atoms with van der Waals surface area (Å²) in [6.45, 7) is 54.1. The zero-order chi connectivity index (χ0) is 71.6. The summed E-state index contributed by atoms with van der Waals surface area (Å²) in [4.78, 5) is 0. The molecule has 0 aliphatic heterocycles. The first-order valence-corrected chi connectivity index (χ1v) is 35.3. The number of rotatable bonds is 16. The maximum absolute atomic E-state index is 16.7. The molecule has 0 bridgehead atoms. The smallest absolute Gasteiger partial charge is 0.238 e. The second-order valence-electron chi connectivity index (χ2n) is 36.0. The monoisotopic (exact) mass is 1310 g/mol. The number of nitrogens with zero attached hydrogens (tertiary/aromatic N) is 2. The van der Waals surface area contributed by atoms with E-state index in [0.29, 0.717) is 77.6 Å². The summed E-state index contributed by atoms with van der Waals surface area (Å²) < 4.78 is 44.1. The highest BCUT2D eigenvalue weighted by atomic mass is 19.1. The van der Waals surface area contributed by atoms with Crippen molar-refractivity contribution in [2.24, 2.45) is 10.8 Å². The number of phenolic OH excluding ortho intramolecular Hbond substituents is 2. The maximum atomic E-state index is 16.7. The summed E-state index contributed by atoms with van der Waals surface area (Å²) in [7, 11) is 9.35. The molecule has 10 rings (SSSR count). The van der Waals surface area contributed by atoms with E-state index in [1.54, 1.807) is 24.3 Å². The maximum Gasteiger partial charge on any atom is 0.238 e. The van der Waals surface area contributed by atoms with Gasteiger partial charge in [0.1, 0.15) is 29.6 Å². The van der Waals surface area contributed by atoms with Crippen LogP contribution in [0.4, 0.5) is 8.78 Å². The van der Waals surface area contributed by atoms with Crippen LogP contribution in [0.25, 0.3) is 77.2 Å². The van der Waals surface area contributed by atoms with Gasteiger partial charge in [0.15, 0.2) is 13.2 Å². The Balaban J connectivity index is 1.12. The molecule has 0 spiro atoms. The van der Waals surface area contributed by atoms with Gasteiger partial charge in [-0.3, -0.25) is 0 Å². The summed E-state index contributed by atoms with van der Waals surface area (Å²) in [5.74, 6) is 0.524. The minimum absolute atomic E-state index is 0.0366. The van der Waals surface area contributed by atoms with Crippen LogP contribution >= 0.6 is 0 Å². The molecule has 0 aliphatic rings. The lowest BCUT2D eigenvalue weighted by atomic mass is 9.71. The van der Waals surface area contributed by atoms with Crippen molar-refractivity contribution in [2.45, 2.75) is 231 Å². The van der Waals surface area contributed by atoms with Crippen LogP contribution in [0.15, 0.2) is 121 Å². The van der Waals surface area contributed by atoms with Crippen molar-refractivity contribution in [3.05, 3.63) is 192 Å². The van der Waals surface area contributed by atoms with Gasteiger partial charge >= 0.3 is 0 Å². The Labute approximate surface area is 580 Å². The number of aromatic hydroxyl groups is 2. The van der Waals surface area contributed by atoms with E-state index in [-0.39, 0.29) is 44.0 Å². The van der Waals surface area contributed by atoms with Gasteiger partial charge in [0.05, 0.1) is 44.6 Å². The number of halogens is 2. The van der Waals surface area contributed by atoms with Gasteiger partial charge in [0.2, 0.25) is 11.5 Å². The molecule has 8 aromatic carbocycles. The Bertz CT molecular complexity index is 4220. The van der Waals surface area contributed by atoms with Gasteiger partial charge < -0.3 is 28.1 Å². The molecular formula is C89H112F2N2O4. The summed E-state index contributed by atoms with van der Waals surface area (Å²) in [5.41, 5.74) is 13.8. The van der Waals surface area contributed by atoms with Crippen molar-refractivity contribution in [2.75, 3.05) is 13.2 Å². The van der Waals surface area contributed by atoms with Gasteiger partial charge in [-0.1, -0.05) is 215 Å². The second kappa shape index (κ2) is 25.3. The predicted octanol–water partition coefficient (Wildman–Crippen LogP) is 25.9. The molecule has 516 valence electrons. The van der Waals surface area contributed by atoms with Gasteiger partial charge in [-0.25, -0.2) is 8.78 Å². The average molecular weight is 1310 g/mol. The highest BCUT2D eigenvalue weighted by Crippen LogP contribution is 2.53. The van der Waals surface area contributed by atoms with Crippen LogP contribution in [-0.2, 0) is 54.1 Å². The zero-order valence-electron chi connectivity index (χ0n) is 63.3. The Hall–Kier alpha value is -7.58. The van der Waals surface area contributed by atoms with Crippen molar-refractivity contribution in [3.63, 3.8) is 0 Å². The SMILES string of the molecule is [CH2-][O+](CCC[O+]([CH2-])c1c(CC)cc(F)cc1-c1cc(C(C)(C)CC(C)(C)C)cc(-n2c3cc(C(C)(C)C)ccc3c3ccc(C(C)(C)C)cc32)c1O)c1c(CC)cc(F)cc1-c1cc(C(C)(C)CC(C)(C)C)cc(-n2c3cc(C(C)(C)C)ccc3c3ccc(C(C)(C)C)cc32)c1O. The summed E-state index contributed by atoms with van der Waals surface area (Å²) in [6.07, 6.45) is 3.10. The van der Waals surface area contributed by atoms with Crippen LogP contribution in [0.1, 0.15) is 230 Å². The van der Waals surface area contributed by atoms with Gasteiger partial charge in [0, 0.05) is 43.8 Å². The topological polar surface area (TPSA) is 55.7 Å². The number of benzene rings is 8. The standard InChI is InChI=1S/C89H112F2N2O4/c1-27-54-40-62(90)50-70(68-42-60(88(21,22)52-82(3,4)5)48-76(78(68)94)92-72-44-56(84(9,10)11)30-34-64(72)65-35-31-57(45-73(65)92)85(12,13)14)80(54)96(25)38-29-39-97(26)81-55(28-2)41-63(91)51-71(81)69-43-61(89(23,24)53-83(6,7)8)49-77(79(69)95)93-74-46-58(86(15,16)17)32-36-66(74)67-37-33-59(47-75(67)93)87(18,19)20/h30-37,40-51,94-95H,25-29,38-39,52-53H2,1-24H3. The molecule has 0 aliphatic carbocycles. The lowest BCUT2D eigenvalue weighted by Gasteiger charge is -2.36. The van der Waals surface area contributed by atoms with Gasteiger partial charge in [-0.2, -0.15) is 0 Å². The molecule has 0 amide bonds. The molecule has 0 saturated carbocycles. The normalized spacial score (nSPS) is 13.3. The van der Waals surface area contributed by atoms with Crippen LogP contribution < -0.4 is 0 Å². The highest BCUT2D eigenvalue weighted by molar-refractivity contribution is 6.11. The fourth-order valence-corrected chi connectivity index (χ4v) is 15.6. The Morgan fingerprint density at radius 3 is 0.887 bits per heavy atom. The molecule has 97 heavy (non-hydrogen) atoms. The molecule has 0 radical (unpaired) electrons. The van der Waals surface area contributed by atoms with Crippen molar-refractivity contribution >= 4 is 43.6 Å². The molecule has 2 aromatic heterocycles. The van der Waals surface area contributed by atoms with E-state index < -0.39 is 22.5 Å². The largest absolute Gasteiger partial charge is 0.711 e. The third kappa shape index (κ3) is 14.4. The molecule has 6 nitrogen and oxygen atoms in total. The molecule has 0 atom stereocenters. The fourth-order valence-electron chi connectivity index (χ4n) is 15.6. The number of hydrogen-bond acceptors (Lipinski definition) is 2. The molecule has 8 heteroatoms. The minimum atomic E-state index is -0.415. The van der Waals surface area contributed by atoms with E-state index in [1.807, 2.05) is 13.8 Å². The molecule has 0 unspecified atom stereocenters. The lowest BCUT2D eigenvalue weighted by Crippen LogP contribution is -2.25. The van der Waals surface area contributed by atoms with Crippen LogP contribution in [-0.4, -0.2) is 32.6 Å². The first-order chi connectivity index (χ1) is 44.7. The number of hydrogen-bond donors (Lipinski definition) is 2. The first kappa shape index (κ1) is 72.2. The van der Waals surface area contributed by atoms with Crippen molar-refractivity contribution in [3.8, 4) is 56.6 Å². The third-order valence-electron chi connectivity index (χ3n) is 20.1. The van der Waals surface area contributed by atoms with Crippen LogP contribution in [0.3, 0.4) is 0 Å². The van der Waals surface area contributed by atoms with Gasteiger partial charge in [-0.15, -0.1) is 0 Å². The molecule has 2 heterocycles. The first-order valence-electron chi connectivity index (χ1n) is 35.3. The number of phenols is 2. The quantitative estimate of drug-likeness (QED) is 0.0748. The lowest BCUT2D eigenvalue weighted by molar-refractivity contribution is -0.0173. The predicted molar refractivity (Wildman–Crippen MR) is 410 cm³/mol. The Morgan fingerprint density at radius 2 is 0.639 bits per heavy atom. The van der Waals surface area contributed by atoms with Crippen LogP contribution in [0, 0.1) is 36.7 Å². The minimum Gasteiger partial charge on any atom is -0.711 e. The van der Waals surface area contributed by atoms with Gasteiger partial charge in [0.25, 0.3) is 0 Å². The molecule has 2 N–H and O–H groups in total. The third-order valence-corrected chi connectivity index (χ3v) is 20.1. The fraction of sp³-hybridized carbons (Fsp3) is 0.438. The summed E-state index contributed by atoms with van der Waals surface area (Å²) in [5, 5.41) is 31.2. The van der Waals surface area contributed by atoms with Gasteiger partial charge in [-0.05, 0) is 189 Å². The average Bonchev–Trinajstić information content (AvgIpc) is 1.63. The van der Waals surface area contributed by atoms with Crippen molar-refractivity contribution < 1.29 is 27.7 Å². The Morgan fingerprint density at radius 1 is 0.361 bits per heavy atom. The molecule has 0 fully saturated rings. The van der Waals surface area contributed by atoms with Crippen LogP contribution in [0.5, 0.6) is 23.0 Å². The summed E-state index contributed by atoms with van der Waals surface area (Å²) >= 11 is 0. The Kier molecular flexibility index (Phi) is 18.8. The van der Waals surface area contributed by atoms with E-state index in [0.717, 1.165) is 78.7 Å².